The lowest BCUT2D eigenvalue weighted by Crippen LogP contribution is -2.46. The Bertz CT molecular complexity index is 1140. The number of methoxy groups -OCH3 is 1. The van der Waals surface area contributed by atoms with Crippen molar-refractivity contribution >= 4 is 21.8 Å². The van der Waals surface area contributed by atoms with E-state index in [0.717, 1.165) is 24.5 Å². The first kappa shape index (κ1) is 25.6. The van der Waals surface area contributed by atoms with Gasteiger partial charge in [-0.05, 0) is 67.6 Å². The van der Waals surface area contributed by atoms with Gasteiger partial charge in [0.05, 0.1) is 12.0 Å². The Labute approximate surface area is 199 Å². The third-order valence-electron chi connectivity index (χ3n) is 5.87. The van der Waals surface area contributed by atoms with Gasteiger partial charge in [-0.15, -0.1) is 0 Å². The summed E-state index contributed by atoms with van der Waals surface area (Å²) in [5.41, 5.74) is 1.06. The summed E-state index contributed by atoms with van der Waals surface area (Å²) in [7, 11) is -2.25. The van der Waals surface area contributed by atoms with Gasteiger partial charge in [0.25, 0.3) is 0 Å². The van der Waals surface area contributed by atoms with Crippen molar-refractivity contribution < 1.29 is 27.1 Å². The number of carbonyl (C=O) groups excluding carboxylic acids is 2. The Morgan fingerprint density at radius 2 is 1.88 bits per heavy atom. The van der Waals surface area contributed by atoms with Crippen LogP contribution in [0.4, 0.5) is 4.39 Å². The summed E-state index contributed by atoms with van der Waals surface area (Å²) in [6, 6.07) is 10.6. The molecule has 8 nitrogen and oxygen atoms in total. The van der Waals surface area contributed by atoms with Gasteiger partial charge in [0.2, 0.25) is 10.0 Å². The van der Waals surface area contributed by atoms with Crippen molar-refractivity contribution in [2.75, 3.05) is 20.2 Å². The first-order valence-corrected chi connectivity index (χ1v) is 12.6. The maximum absolute atomic E-state index is 13.6. The van der Waals surface area contributed by atoms with E-state index >= 15 is 0 Å². The Hall–Kier alpha value is -2.98. The monoisotopic (exact) mass is 491 g/mol. The summed E-state index contributed by atoms with van der Waals surface area (Å²) in [5, 5.41) is 5.13. The number of benzene rings is 2. The van der Waals surface area contributed by atoms with E-state index in [1.54, 1.807) is 31.4 Å². The predicted molar refractivity (Wildman–Crippen MR) is 125 cm³/mol. The van der Waals surface area contributed by atoms with Crippen LogP contribution in [0.15, 0.2) is 47.4 Å². The van der Waals surface area contributed by atoms with E-state index in [1.807, 2.05) is 0 Å². The van der Waals surface area contributed by atoms with Gasteiger partial charge in [-0.3, -0.25) is 9.59 Å². The molecular formula is C24H30FN3O5S. The average molecular weight is 492 g/mol. The van der Waals surface area contributed by atoms with E-state index < -0.39 is 27.7 Å². The SMILES string of the molecule is COc1cccc(CNC(=O)C(=O)NCC[C@H]2CCCCN2S(=O)(=O)c2ccc(F)c(C)c2)c1. The molecule has 1 aliphatic heterocycles. The maximum Gasteiger partial charge on any atom is 0.309 e. The summed E-state index contributed by atoms with van der Waals surface area (Å²) in [6.45, 7) is 2.22. The van der Waals surface area contributed by atoms with Crippen molar-refractivity contribution in [1.82, 2.24) is 14.9 Å². The number of carbonyl (C=O) groups is 2. The molecule has 184 valence electrons. The molecule has 0 unspecified atom stereocenters. The number of ether oxygens (including phenoxy) is 1. The van der Waals surface area contributed by atoms with Crippen LogP contribution in [0.1, 0.15) is 36.8 Å². The molecule has 10 heteroatoms. The number of hydrogen-bond acceptors (Lipinski definition) is 5. The number of nitrogens with zero attached hydrogens (tertiary/aromatic N) is 1. The second-order valence-corrected chi connectivity index (χ2v) is 10.1. The Morgan fingerprint density at radius 1 is 1.12 bits per heavy atom. The van der Waals surface area contributed by atoms with Gasteiger partial charge in [-0.1, -0.05) is 18.6 Å². The van der Waals surface area contributed by atoms with Crippen LogP contribution in [0, 0.1) is 12.7 Å². The molecule has 1 saturated heterocycles. The number of piperidine rings is 1. The molecule has 2 N–H and O–H groups in total. The van der Waals surface area contributed by atoms with Gasteiger partial charge in [0.15, 0.2) is 0 Å². The summed E-state index contributed by atoms with van der Waals surface area (Å²) in [5.74, 6) is -1.35. The van der Waals surface area contributed by atoms with E-state index in [9.17, 15) is 22.4 Å². The van der Waals surface area contributed by atoms with Crippen molar-refractivity contribution in [2.24, 2.45) is 0 Å². The number of hydrogen-bond donors (Lipinski definition) is 2. The van der Waals surface area contributed by atoms with Gasteiger partial charge in [0, 0.05) is 25.7 Å². The number of aryl methyl sites for hydroxylation is 1. The fourth-order valence-corrected chi connectivity index (χ4v) is 5.78. The van der Waals surface area contributed by atoms with Gasteiger partial charge < -0.3 is 15.4 Å². The molecule has 0 aliphatic carbocycles. The molecule has 2 aromatic rings. The molecule has 0 radical (unpaired) electrons. The van der Waals surface area contributed by atoms with E-state index in [4.69, 9.17) is 4.74 Å². The van der Waals surface area contributed by atoms with Crippen molar-refractivity contribution in [3.63, 3.8) is 0 Å². The molecule has 2 amide bonds. The number of amides is 2. The van der Waals surface area contributed by atoms with E-state index in [-0.39, 0.29) is 29.6 Å². The smallest absolute Gasteiger partial charge is 0.309 e. The summed E-state index contributed by atoms with van der Waals surface area (Å²) < 4.78 is 46.5. The largest absolute Gasteiger partial charge is 0.497 e. The zero-order valence-corrected chi connectivity index (χ0v) is 20.2. The second kappa shape index (κ2) is 11.4. The fraction of sp³-hybridized carbons (Fsp3) is 0.417. The van der Waals surface area contributed by atoms with E-state index in [2.05, 4.69) is 10.6 Å². The molecule has 34 heavy (non-hydrogen) atoms. The second-order valence-electron chi connectivity index (χ2n) is 8.26. The van der Waals surface area contributed by atoms with Crippen LogP contribution in [0.2, 0.25) is 0 Å². The van der Waals surface area contributed by atoms with Crippen LogP contribution in [-0.2, 0) is 26.2 Å². The van der Waals surface area contributed by atoms with Crippen LogP contribution in [0.3, 0.4) is 0 Å². The first-order chi connectivity index (χ1) is 16.2. The quantitative estimate of drug-likeness (QED) is 0.552. The third-order valence-corrected chi connectivity index (χ3v) is 7.81. The molecule has 0 bridgehead atoms. The molecule has 1 atom stereocenters. The lowest BCUT2D eigenvalue weighted by Gasteiger charge is -2.34. The summed E-state index contributed by atoms with van der Waals surface area (Å²) >= 11 is 0. The lowest BCUT2D eigenvalue weighted by atomic mass is 10.0. The number of nitrogens with one attached hydrogen (secondary N) is 2. The summed E-state index contributed by atoms with van der Waals surface area (Å²) in [4.78, 5) is 24.4. The molecule has 0 aromatic heterocycles. The highest BCUT2D eigenvalue weighted by molar-refractivity contribution is 7.89. The molecule has 2 aromatic carbocycles. The number of rotatable bonds is 8. The van der Waals surface area contributed by atoms with Gasteiger partial charge in [0.1, 0.15) is 11.6 Å². The van der Waals surface area contributed by atoms with Crippen molar-refractivity contribution in [3.05, 3.63) is 59.4 Å². The highest BCUT2D eigenvalue weighted by Gasteiger charge is 2.33. The zero-order chi connectivity index (χ0) is 24.7. The maximum atomic E-state index is 13.6. The third kappa shape index (κ3) is 6.32. The molecule has 0 spiro atoms. The molecule has 3 rings (SSSR count). The van der Waals surface area contributed by atoms with Gasteiger partial charge >= 0.3 is 11.8 Å². The minimum Gasteiger partial charge on any atom is -0.497 e. The normalized spacial score (nSPS) is 16.6. The van der Waals surface area contributed by atoms with Crippen LogP contribution in [-0.4, -0.2) is 50.8 Å². The van der Waals surface area contributed by atoms with Gasteiger partial charge in [-0.25, -0.2) is 12.8 Å². The van der Waals surface area contributed by atoms with Crippen molar-refractivity contribution in [3.8, 4) is 5.75 Å². The topological polar surface area (TPSA) is 105 Å². The van der Waals surface area contributed by atoms with Crippen LogP contribution >= 0.6 is 0 Å². The molecule has 0 saturated carbocycles. The Morgan fingerprint density at radius 3 is 2.62 bits per heavy atom. The average Bonchev–Trinajstić information content (AvgIpc) is 2.84. The highest BCUT2D eigenvalue weighted by Crippen LogP contribution is 2.27. The molecular weight excluding hydrogens is 461 g/mol. The lowest BCUT2D eigenvalue weighted by molar-refractivity contribution is -0.139. The minimum absolute atomic E-state index is 0.0549. The Balaban J connectivity index is 1.54. The zero-order valence-electron chi connectivity index (χ0n) is 19.3. The Kier molecular flexibility index (Phi) is 8.62. The van der Waals surface area contributed by atoms with Crippen LogP contribution in [0.25, 0.3) is 0 Å². The number of sulfonamides is 1. The van der Waals surface area contributed by atoms with Crippen molar-refractivity contribution in [2.45, 2.75) is 50.1 Å². The molecule has 1 heterocycles. The fourth-order valence-electron chi connectivity index (χ4n) is 3.97. The minimum atomic E-state index is -3.80. The predicted octanol–water partition coefficient (Wildman–Crippen LogP) is 2.51. The standard InChI is InChI=1S/C24H30FN3O5S/c1-17-14-21(9-10-22(17)25)34(31,32)28-13-4-3-7-19(28)11-12-26-23(29)24(30)27-16-18-6-5-8-20(15-18)33-2/h5-6,8-10,14-15,19H,3-4,7,11-13,16H2,1-2H3,(H,26,29)(H,27,30)/t19-/m1/s1. The summed E-state index contributed by atoms with van der Waals surface area (Å²) in [6.07, 6.45) is 2.62. The van der Waals surface area contributed by atoms with Crippen molar-refractivity contribution in [1.29, 1.82) is 0 Å². The van der Waals surface area contributed by atoms with Gasteiger partial charge in [-0.2, -0.15) is 4.31 Å². The first-order valence-electron chi connectivity index (χ1n) is 11.2. The van der Waals surface area contributed by atoms with Crippen LogP contribution < -0.4 is 15.4 Å². The van der Waals surface area contributed by atoms with Crippen LogP contribution in [0.5, 0.6) is 5.75 Å². The van der Waals surface area contributed by atoms with E-state index in [0.29, 0.717) is 25.1 Å². The molecule has 1 fully saturated rings. The van der Waals surface area contributed by atoms with E-state index in [1.165, 1.54) is 23.4 Å². The molecule has 1 aliphatic rings. The highest BCUT2D eigenvalue weighted by atomic mass is 32.2. The number of halogens is 1.